The lowest BCUT2D eigenvalue weighted by Crippen LogP contribution is -2.43. The second-order valence-corrected chi connectivity index (χ2v) is 6.56. The third-order valence-corrected chi connectivity index (χ3v) is 5.14. The van der Waals surface area contributed by atoms with Crippen molar-refractivity contribution in [2.75, 3.05) is 25.5 Å². The Bertz CT molecular complexity index is 436. The number of nitrogens with one attached hydrogen (secondary N) is 1. The molecule has 1 aliphatic carbocycles. The average Bonchev–Trinajstić information content (AvgIpc) is 2.68. The molecule has 1 aliphatic heterocycles. The first-order chi connectivity index (χ1) is 8.55. The van der Waals surface area contributed by atoms with Gasteiger partial charge in [0.15, 0.2) is 0 Å². The summed E-state index contributed by atoms with van der Waals surface area (Å²) >= 11 is 1.82. The number of rotatable bonds is 3. The highest BCUT2D eigenvalue weighted by Gasteiger charge is 2.45. The molecule has 5 heteroatoms. The molecule has 18 heavy (non-hydrogen) atoms. The first-order valence-electron chi connectivity index (χ1n) is 6.45. The minimum Gasteiger partial charge on any atom is -0.380 e. The minimum atomic E-state index is -2.38. The van der Waals surface area contributed by atoms with Gasteiger partial charge >= 0.3 is 0 Å². The molecule has 0 saturated heterocycles. The van der Waals surface area contributed by atoms with Gasteiger partial charge in [-0.05, 0) is 24.0 Å². The molecule has 0 atom stereocenters. The third kappa shape index (κ3) is 2.38. The van der Waals surface area contributed by atoms with Crippen LogP contribution in [-0.4, -0.2) is 31.0 Å². The van der Waals surface area contributed by atoms with Crippen LogP contribution in [0.2, 0.25) is 0 Å². The van der Waals surface area contributed by atoms with E-state index in [4.69, 9.17) is 0 Å². The van der Waals surface area contributed by atoms with Crippen LogP contribution in [-0.2, 0) is 13.0 Å². The second kappa shape index (κ2) is 4.46. The highest BCUT2D eigenvalue weighted by molar-refractivity contribution is 7.16. The Morgan fingerprint density at radius 1 is 1.50 bits per heavy atom. The maximum atomic E-state index is 12.8. The molecule has 1 aromatic heterocycles. The fraction of sp³-hybridized carbons (Fsp3) is 0.692. The summed E-state index contributed by atoms with van der Waals surface area (Å²) in [5, 5.41) is 4.38. The molecule has 0 bridgehead atoms. The van der Waals surface area contributed by atoms with Crippen LogP contribution in [0.4, 0.5) is 13.8 Å². The summed E-state index contributed by atoms with van der Waals surface area (Å²) in [4.78, 5) is 3.78. The van der Waals surface area contributed by atoms with Crippen LogP contribution in [0, 0.1) is 5.92 Å². The quantitative estimate of drug-likeness (QED) is 0.909. The fourth-order valence-electron chi connectivity index (χ4n) is 2.95. The van der Waals surface area contributed by atoms with Gasteiger partial charge in [0.05, 0.1) is 5.00 Å². The summed E-state index contributed by atoms with van der Waals surface area (Å²) in [6.07, 6.45) is 1.23. The van der Waals surface area contributed by atoms with E-state index in [1.54, 1.807) is 0 Å². The molecule has 2 aliphatic rings. The van der Waals surface area contributed by atoms with Gasteiger partial charge in [0, 0.05) is 44.4 Å². The lowest BCUT2D eigenvalue weighted by Gasteiger charge is -2.39. The van der Waals surface area contributed by atoms with Gasteiger partial charge in [-0.15, -0.1) is 11.3 Å². The summed E-state index contributed by atoms with van der Waals surface area (Å²) in [7, 11) is 1.94. The molecule has 0 spiro atoms. The molecule has 2 nitrogen and oxygen atoms in total. The molecule has 1 saturated carbocycles. The highest BCUT2D eigenvalue weighted by Crippen LogP contribution is 2.43. The molecule has 100 valence electrons. The van der Waals surface area contributed by atoms with Crippen molar-refractivity contribution in [1.82, 2.24) is 4.90 Å². The Balaban J connectivity index is 1.58. The Morgan fingerprint density at radius 2 is 2.28 bits per heavy atom. The standard InChI is InChI=1S/C13H18F2N2S/c1-16-12-4-10-8-17(3-2-11(10)18-12)7-9-5-13(14,15)6-9/h4,9,16H,2-3,5-8H2,1H3. The molecule has 3 rings (SSSR count). The minimum absolute atomic E-state index is 0.0851. The number of halogens is 2. The summed E-state index contributed by atoms with van der Waals surface area (Å²) in [6, 6.07) is 2.20. The number of hydrogen-bond donors (Lipinski definition) is 1. The van der Waals surface area contributed by atoms with Crippen molar-refractivity contribution in [2.45, 2.75) is 31.7 Å². The van der Waals surface area contributed by atoms with Crippen LogP contribution >= 0.6 is 11.3 Å². The maximum Gasteiger partial charge on any atom is 0.248 e. The predicted molar refractivity (Wildman–Crippen MR) is 70.5 cm³/mol. The van der Waals surface area contributed by atoms with Gasteiger partial charge in [0.25, 0.3) is 0 Å². The Hall–Kier alpha value is -0.680. The van der Waals surface area contributed by atoms with E-state index in [0.29, 0.717) is 0 Å². The molecular formula is C13H18F2N2S. The summed E-state index contributed by atoms with van der Waals surface area (Å²) < 4.78 is 25.6. The van der Waals surface area contributed by atoms with Crippen molar-refractivity contribution in [3.05, 3.63) is 16.5 Å². The van der Waals surface area contributed by atoms with Crippen molar-refractivity contribution in [1.29, 1.82) is 0 Å². The number of anilines is 1. The molecule has 1 N–H and O–H groups in total. The van der Waals surface area contributed by atoms with E-state index in [1.807, 2.05) is 18.4 Å². The zero-order chi connectivity index (χ0) is 12.8. The third-order valence-electron chi connectivity index (χ3n) is 3.88. The number of alkyl halides is 2. The number of fused-ring (bicyclic) bond motifs is 1. The van der Waals surface area contributed by atoms with Gasteiger partial charge in [0.2, 0.25) is 5.92 Å². The second-order valence-electron chi connectivity index (χ2n) is 5.42. The summed E-state index contributed by atoms with van der Waals surface area (Å²) in [6.45, 7) is 2.77. The van der Waals surface area contributed by atoms with Crippen LogP contribution in [0.15, 0.2) is 6.07 Å². The van der Waals surface area contributed by atoms with E-state index >= 15 is 0 Å². The van der Waals surface area contributed by atoms with Gasteiger partial charge in [-0.1, -0.05) is 0 Å². The van der Waals surface area contributed by atoms with Crippen LogP contribution in [0.3, 0.4) is 0 Å². The van der Waals surface area contributed by atoms with Crippen molar-refractivity contribution < 1.29 is 8.78 Å². The Morgan fingerprint density at radius 3 is 2.94 bits per heavy atom. The summed E-state index contributed by atoms with van der Waals surface area (Å²) in [5.74, 6) is -2.18. The van der Waals surface area contributed by atoms with Gasteiger partial charge in [-0.25, -0.2) is 8.78 Å². The van der Waals surface area contributed by atoms with E-state index in [2.05, 4.69) is 16.3 Å². The normalized spacial score (nSPS) is 23.5. The molecule has 0 unspecified atom stereocenters. The molecule has 0 radical (unpaired) electrons. The van der Waals surface area contributed by atoms with Gasteiger partial charge in [-0.2, -0.15) is 0 Å². The molecule has 0 amide bonds. The SMILES string of the molecule is CNc1cc2c(s1)CCN(CC1CC(F)(F)C1)C2. The summed E-state index contributed by atoms with van der Waals surface area (Å²) in [5.41, 5.74) is 1.38. The zero-order valence-electron chi connectivity index (χ0n) is 10.5. The van der Waals surface area contributed by atoms with Crippen LogP contribution in [0.1, 0.15) is 23.3 Å². The average molecular weight is 272 g/mol. The molecule has 2 heterocycles. The first kappa shape index (κ1) is 12.4. The van der Waals surface area contributed by atoms with Crippen LogP contribution in [0.5, 0.6) is 0 Å². The molecular weight excluding hydrogens is 254 g/mol. The van der Waals surface area contributed by atoms with Gasteiger partial charge in [-0.3, -0.25) is 4.90 Å². The van der Waals surface area contributed by atoms with E-state index in [-0.39, 0.29) is 18.8 Å². The monoisotopic (exact) mass is 272 g/mol. The van der Waals surface area contributed by atoms with E-state index < -0.39 is 5.92 Å². The van der Waals surface area contributed by atoms with Gasteiger partial charge < -0.3 is 5.32 Å². The maximum absolute atomic E-state index is 12.8. The van der Waals surface area contributed by atoms with Crippen molar-refractivity contribution in [3.63, 3.8) is 0 Å². The smallest absolute Gasteiger partial charge is 0.248 e. The zero-order valence-corrected chi connectivity index (χ0v) is 11.3. The largest absolute Gasteiger partial charge is 0.380 e. The van der Waals surface area contributed by atoms with Crippen LogP contribution < -0.4 is 5.32 Å². The lowest BCUT2D eigenvalue weighted by atomic mass is 9.81. The van der Waals surface area contributed by atoms with Gasteiger partial charge in [0.1, 0.15) is 0 Å². The van der Waals surface area contributed by atoms with Crippen molar-refractivity contribution >= 4 is 16.3 Å². The highest BCUT2D eigenvalue weighted by atomic mass is 32.1. The molecule has 1 fully saturated rings. The van der Waals surface area contributed by atoms with E-state index in [0.717, 1.165) is 26.1 Å². The first-order valence-corrected chi connectivity index (χ1v) is 7.27. The molecule has 0 aromatic carbocycles. The lowest BCUT2D eigenvalue weighted by molar-refractivity contribution is -0.117. The van der Waals surface area contributed by atoms with Crippen molar-refractivity contribution in [3.8, 4) is 0 Å². The Kier molecular flexibility index (Phi) is 3.06. The van der Waals surface area contributed by atoms with E-state index in [1.165, 1.54) is 15.4 Å². The Labute approximate surface area is 110 Å². The number of hydrogen-bond acceptors (Lipinski definition) is 3. The predicted octanol–water partition coefficient (Wildman–Crippen LogP) is 3.19. The number of nitrogens with zero attached hydrogens (tertiary/aromatic N) is 1. The molecule has 1 aromatic rings. The van der Waals surface area contributed by atoms with Crippen LogP contribution in [0.25, 0.3) is 0 Å². The topological polar surface area (TPSA) is 15.3 Å². The van der Waals surface area contributed by atoms with E-state index in [9.17, 15) is 8.78 Å². The van der Waals surface area contributed by atoms with Crippen molar-refractivity contribution in [2.24, 2.45) is 5.92 Å². The number of thiophene rings is 1. The fourth-order valence-corrected chi connectivity index (χ4v) is 3.97.